The van der Waals surface area contributed by atoms with Crippen LogP contribution >= 0.6 is 0 Å². The highest BCUT2D eigenvalue weighted by molar-refractivity contribution is 5.73. The van der Waals surface area contributed by atoms with Gasteiger partial charge in [-0.15, -0.1) is 0 Å². The second-order valence-electron chi connectivity index (χ2n) is 3.20. The lowest BCUT2D eigenvalue weighted by Gasteiger charge is -2.34. The zero-order chi connectivity index (χ0) is 8.97. The first-order valence-corrected chi connectivity index (χ1v) is 4.27. The van der Waals surface area contributed by atoms with Gasteiger partial charge in [0.25, 0.3) is 0 Å². The number of carbonyl (C=O) groups is 1. The van der Waals surface area contributed by atoms with Crippen LogP contribution in [0, 0.1) is 0 Å². The summed E-state index contributed by atoms with van der Waals surface area (Å²) in [5.74, 6) is -0.245. The average Bonchev–Trinajstić information content (AvgIpc) is 1.93. The molecule has 1 aliphatic rings. The zero-order valence-corrected chi connectivity index (χ0v) is 7.38. The van der Waals surface area contributed by atoms with Gasteiger partial charge in [0.15, 0.2) is 0 Å². The first-order chi connectivity index (χ1) is 5.72. The number of nitrogens with one attached hydrogen (secondary N) is 1. The first-order valence-electron chi connectivity index (χ1n) is 4.27. The minimum atomic E-state index is -0.245. The lowest BCUT2D eigenvalue weighted by atomic mass is 9.89. The molecule has 0 spiro atoms. The molecular formula is C8H16N2O2. The molecule has 70 valence electrons. The van der Waals surface area contributed by atoms with E-state index in [1.54, 1.807) is 7.11 Å². The summed E-state index contributed by atoms with van der Waals surface area (Å²) in [5, 5.41) is 3.23. The van der Waals surface area contributed by atoms with E-state index in [4.69, 9.17) is 10.5 Å². The number of hydrogen-bond acceptors (Lipinski definition) is 3. The van der Waals surface area contributed by atoms with Crippen molar-refractivity contribution in [1.29, 1.82) is 0 Å². The fraction of sp³-hybridized carbons (Fsp3) is 0.875. The van der Waals surface area contributed by atoms with E-state index < -0.39 is 0 Å². The Labute approximate surface area is 72.5 Å². The Morgan fingerprint density at radius 2 is 2.33 bits per heavy atom. The average molecular weight is 172 g/mol. The van der Waals surface area contributed by atoms with E-state index in [1.165, 1.54) is 0 Å². The van der Waals surface area contributed by atoms with Gasteiger partial charge in [0.05, 0.1) is 6.10 Å². The van der Waals surface area contributed by atoms with Gasteiger partial charge < -0.3 is 15.8 Å². The summed E-state index contributed by atoms with van der Waals surface area (Å²) in [5.41, 5.74) is 4.99. The number of carbonyl (C=O) groups excluding carboxylic acids is 1. The molecule has 4 nitrogen and oxygen atoms in total. The van der Waals surface area contributed by atoms with E-state index in [9.17, 15) is 4.79 Å². The summed E-state index contributed by atoms with van der Waals surface area (Å²) >= 11 is 0. The van der Waals surface area contributed by atoms with Gasteiger partial charge in [0.1, 0.15) is 0 Å². The number of nitrogens with two attached hydrogens (primary N) is 1. The van der Waals surface area contributed by atoms with Crippen molar-refractivity contribution in [3.63, 3.8) is 0 Å². The molecule has 1 rings (SSSR count). The maximum atomic E-state index is 10.4. The van der Waals surface area contributed by atoms with Crippen LogP contribution in [0.4, 0.5) is 0 Å². The molecule has 0 heterocycles. The number of primary amides is 1. The number of ether oxygens (including phenoxy) is 1. The number of methoxy groups -OCH3 is 1. The molecule has 1 aliphatic carbocycles. The van der Waals surface area contributed by atoms with Gasteiger partial charge in [0, 0.05) is 26.1 Å². The first kappa shape index (κ1) is 9.48. The smallest absolute Gasteiger partial charge is 0.218 e. The Kier molecular flexibility index (Phi) is 3.49. The molecule has 0 aromatic carbocycles. The van der Waals surface area contributed by atoms with Crippen LogP contribution in [-0.2, 0) is 9.53 Å². The van der Waals surface area contributed by atoms with Gasteiger partial charge in [0.2, 0.25) is 5.91 Å². The quantitative estimate of drug-likeness (QED) is 0.594. The molecule has 0 aromatic rings. The predicted octanol–water partition coefficient (Wildman–Crippen LogP) is -0.371. The highest BCUT2D eigenvalue weighted by Gasteiger charge is 2.27. The van der Waals surface area contributed by atoms with Gasteiger partial charge in [-0.2, -0.15) is 0 Å². The summed E-state index contributed by atoms with van der Waals surface area (Å²) in [6, 6.07) is 0.522. The van der Waals surface area contributed by atoms with Crippen molar-refractivity contribution in [2.24, 2.45) is 5.73 Å². The topological polar surface area (TPSA) is 64.3 Å². The van der Waals surface area contributed by atoms with E-state index in [-0.39, 0.29) is 5.91 Å². The molecule has 0 radical (unpaired) electrons. The SMILES string of the molecule is COC1CC(NCCC(N)=O)C1. The molecule has 4 heteroatoms. The van der Waals surface area contributed by atoms with Crippen LogP contribution in [0.25, 0.3) is 0 Å². The van der Waals surface area contributed by atoms with Gasteiger partial charge >= 0.3 is 0 Å². The minimum absolute atomic E-state index is 0.245. The monoisotopic (exact) mass is 172 g/mol. The van der Waals surface area contributed by atoms with Crippen LogP contribution in [-0.4, -0.2) is 31.7 Å². The van der Waals surface area contributed by atoms with Crippen LogP contribution in [0.3, 0.4) is 0 Å². The molecule has 0 saturated heterocycles. The highest BCUT2D eigenvalue weighted by Crippen LogP contribution is 2.22. The lowest BCUT2D eigenvalue weighted by Crippen LogP contribution is -2.45. The third kappa shape index (κ3) is 2.79. The van der Waals surface area contributed by atoms with E-state index in [1.807, 2.05) is 0 Å². The number of amides is 1. The molecule has 1 amide bonds. The second kappa shape index (κ2) is 4.42. The second-order valence-corrected chi connectivity index (χ2v) is 3.20. The van der Waals surface area contributed by atoms with Gasteiger partial charge in [-0.25, -0.2) is 0 Å². The molecule has 1 fully saturated rings. The van der Waals surface area contributed by atoms with Crippen molar-refractivity contribution in [2.75, 3.05) is 13.7 Å². The van der Waals surface area contributed by atoms with Crippen molar-refractivity contribution in [3.8, 4) is 0 Å². The summed E-state index contributed by atoms with van der Waals surface area (Å²) in [7, 11) is 1.73. The maximum Gasteiger partial charge on any atom is 0.218 e. The maximum absolute atomic E-state index is 10.4. The number of hydrogen-bond donors (Lipinski definition) is 2. The third-order valence-electron chi connectivity index (χ3n) is 2.23. The highest BCUT2D eigenvalue weighted by atomic mass is 16.5. The fourth-order valence-electron chi connectivity index (χ4n) is 1.32. The van der Waals surface area contributed by atoms with E-state index in [0.29, 0.717) is 25.1 Å². The molecule has 1 saturated carbocycles. The van der Waals surface area contributed by atoms with Crippen molar-refractivity contribution in [3.05, 3.63) is 0 Å². The van der Waals surface area contributed by atoms with Crippen molar-refractivity contribution < 1.29 is 9.53 Å². The van der Waals surface area contributed by atoms with E-state index in [0.717, 1.165) is 12.8 Å². The van der Waals surface area contributed by atoms with Gasteiger partial charge in [-0.1, -0.05) is 0 Å². The zero-order valence-electron chi connectivity index (χ0n) is 7.38. The summed E-state index contributed by atoms with van der Waals surface area (Å²) < 4.78 is 5.11. The molecule has 0 aliphatic heterocycles. The van der Waals surface area contributed by atoms with E-state index >= 15 is 0 Å². The Hall–Kier alpha value is -0.610. The molecular weight excluding hydrogens is 156 g/mol. The normalized spacial score (nSPS) is 28.1. The van der Waals surface area contributed by atoms with E-state index in [2.05, 4.69) is 5.32 Å². The Bertz CT molecular complexity index is 155. The molecule has 12 heavy (non-hydrogen) atoms. The van der Waals surface area contributed by atoms with Crippen LogP contribution in [0.15, 0.2) is 0 Å². The Morgan fingerprint density at radius 3 is 2.83 bits per heavy atom. The van der Waals surface area contributed by atoms with Gasteiger partial charge in [-0.05, 0) is 12.8 Å². The van der Waals surface area contributed by atoms with Crippen molar-refractivity contribution in [1.82, 2.24) is 5.32 Å². The molecule has 0 atom stereocenters. The van der Waals surface area contributed by atoms with Crippen LogP contribution in [0.5, 0.6) is 0 Å². The summed E-state index contributed by atoms with van der Waals surface area (Å²) in [6.45, 7) is 0.691. The Balaban J connectivity index is 1.93. The largest absolute Gasteiger partial charge is 0.381 e. The summed E-state index contributed by atoms with van der Waals surface area (Å²) in [6.07, 6.45) is 2.94. The molecule has 0 bridgehead atoms. The Morgan fingerprint density at radius 1 is 1.67 bits per heavy atom. The van der Waals surface area contributed by atoms with Crippen LogP contribution in [0.1, 0.15) is 19.3 Å². The standard InChI is InChI=1S/C8H16N2O2/c1-12-7-4-6(5-7)10-3-2-8(9)11/h6-7,10H,2-5H2,1H3,(H2,9,11). The molecule has 0 aromatic heterocycles. The lowest BCUT2D eigenvalue weighted by molar-refractivity contribution is -0.118. The van der Waals surface area contributed by atoms with Gasteiger partial charge in [-0.3, -0.25) is 4.79 Å². The molecule has 3 N–H and O–H groups in total. The van der Waals surface area contributed by atoms with Crippen molar-refractivity contribution >= 4 is 5.91 Å². The minimum Gasteiger partial charge on any atom is -0.381 e. The molecule has 0 unspecified atom stereocenters. The van der Waals surface area contributed by atoms with Crippen molar-refractivity contribution in [2.45, 2.75) is 31.4 Å². The fourth-order valence-corrected chi connectivity index (χ4v) is 1.32. The van der Waals surface area contributed by atoms with Crippen LogP contribution in [0.2, 0.25) is 0 Å². The summed E-state index contributed by atoms with van der Waals surface area (Å²) in [4.78, 5) is 10.4. The third-order valence-corrected chi connectivity index (χ3v) is 2.23. The number of rotatable bonds is 5. The van der Waals surface area contributed by atoms with Crippen LogP contribution < -0.4 is 11.1 Å². The predicted molar refractivity (Wildman–Crippen MR) is 45.6 cm³/mol.